The summed E-state index contributed by atoms with van der Waals surface area (Å²) in [5.41, 5.74) is 3.33. The summed E-state index contributed by atoms with van der Waals surface area (Å²) in [7, 11) is 0. The highest BCUT2D eigenvalue weighted by atomic mass is 79.9. The molecule has 0 aliphatic heterocycles. The molecule has 0 saturated carbocycles. The summed E-state index contributed by atoms with van der Waals surface area (Å²) in [6.07, 6.45) is 0. The Morgan fingerprint density at radius 1 is 1.10 bits per heavy atom. The van der Waals surface area contributed by atoms with Gasteiger partial charge in [-0.25, -0.2) is 0 Å². The monoisotopic (exact) mass is 388 g/mol. The van der Waals surface area contributed by atoms with E-state index in [1.807, 2.05) is 26.0 Å². The van der Waals surface area contributed by atoms with Crippen LogP contribution in [0.15, 0.2) is 27.4 Å². The third-order valence-electron chi connectivity index (χ3n) is 3.10. The zero-order chi connectivity index (χ0) is 15.4. The minimum atomic E-state index is -0.208. The van der Waals surface area contributed by atoms with E-state index in [4.69, 9.17) is 21.1 Å². The number of thiophene rings is 1. The highest BCUT2D eigenvalue weighted by Gasteiger charge is 2.20. The summed E-state index contributed by atoms with van der Waals surface area (Å²) < 4.78 is 12.2. The molecule has 0 fully saturated rings. The molecule has 0 saturated heterocycles. The fourth-order valence-corrected chi connectivity index (χ4v) is 4.13. The van der Waals surface area contributed by atoms with E-state index in [1.165, 1.54) is 5.56 Å². The third kappa shape index (κ3) is 3.74. The summed E-state index contributed by atoms with van der Waals surface area (Å²) >= 11 is 11.9. The van der Waals surface area contributed by atoms with E-state index in [-0.39, 0.29) is 5.38 Å². The Bertz CT molecular complexity index is 612. The van der Waals surface area contributed by atoms with Crippen LogP contribution >= 0.6 is 38.9 Å². The summed E-state index contributed by atoms with van der Waals surface area (Å²) in [6, 6.07) is 3.90. The molecule has 1 aromatic heterocycles. The molecule has 1 aromatic carbocycles. The van der Waals surface area contributed by atoms with Gasteiger partial charge in [-0.05, 0) is 60.4 Å². The Labute approximate surface area is 143 Å². The van der Waals surface area contributed by atoms with Gasteiger partial charge in [0, 0.05) is 4.47 Å². The Morgan fingerprint density at radius 3 is 2.24 bits per heavy atom. The van der Waals surface area contributed by atoms with E-state index in [2.05, 4.69) is 33.6 Å². The predicted molar refractivity (Wildman–Crippen MR) is 93.2 cm³/mol. The molecule has 2 rings (SSSR count). The van der Waals surface area contributed by atoms with Gasteiger partial charge in [-0.3, -0.25) is 0 Å². The number of hydrogen-bond acceptors (Lipinski definition) is 3. The minimum absolute atomic E-state index is 0.208. The lowest BCUT2D eigenvalue weighted by Gasteiger charge is -2.17. The fourth-order valence-electron chi connectivity index (χ4n) is 2.08. The molecular formula is C16H18BrClO2S. The first kappa shape index (κ1) is 16.7. The molecule has 1 unspecified atom stereocenters. The van der Waals surface area contributed by atoms with Gasteiger partial charge in [0.2, 0.25) is 0 Å². The number of alkyl halides is 1. The van der Waals surface area contributed by atoms with Crippen LogP contribution in [0.3, 0.4) is 0 Å². The molecule has 5 heteroatoms. The highest BCUT2D eigenvalue weighted by molar-refractivity contribution is 9.10. The van der Waals surface area contributed by atoms with Gasteiger partial charge in [-0.15, -0.1) is 11.6 Å². The SMILES string of the molecule is CCOc1cc(Br)c(C(Cl)c2cscc2C)cc1OCC. The zero-order valence-electron chi connectivity index (χ0n) is 12.3. The smallest absolute Gasteiger partial charge is 0.162 e. The normalized spacial score (nSPS) is 12.2. The zero-order valence-corrected chi connectivity index (χ0v) is 15.4. The standard InChI is InChI=1S/C16H18BrClO2S/c1-4-19-14-6-11(13(17)7-15(14)20-5-2)16(18)12-9-21-8-10(12)3/h6-9,16H,4-5H2,1-3H3. The molecular weight excluding hydrogens is 372 g/mol. The maximum absolute atomic E-state index is 6.67. The van der Waals surface area contributed by atoms with Crippen LogP contribution in [-0.2, 0) is 0 Å². The van der Waals surface area contributed by atoms with Crippen LogP contribution < -0.4 is 9.47 Å². The van der Waals surface area contributed by atoms with Crippen molar-refractivity contribution in [2.24, 2.45) is 0 Å². The average Bonchev–Trinajstić information content (AvgIpc) is 2.87. The Morgan fingerprint density at radius 2 is 1.71 bits per heavy atom. The Balaban J connectivity index is 2.44. The number of halogens is 2. The van der Waals surface area contributed by atoms with Crippen molar-refractivity contribution in [3.05, 3.63) is 44.1 Å². The molecule has 0 N–H and O–H groups in total. The molecule has 1 heterocycles. The predicted octanol–water partition coefficient (Wildman–Crippen LogP) is 5.94. The van der Waals surface area contributed by atoms with Crippen molar-refractivity contribution in [2.75, 3.05) is 13.2 Å². The van der Waals surface area contributed by atoms with Crippen molar-refractivity contribution in [1.29, 1.82) is 0 Å². The molecule has 0 amide bonds. The third-order valence-corrected chi connectivity index (χ3v) is 5.14. The maximum Gasteiger partial charge on any atom is 0.162 e. The van der Waals surface area contributed by atoms with Gasteiger partial charge in [0.1, 0.15) is 0 Å². The van der Waals surface area contributed by atoms with Gasteiger partial charge in [-0.2, -0.15) is 11.3 Å². The van der Waals surface area contributed by atoms with Crippen LogP contribution in [0.1, 0.15) is 35.9 Å². The summed E-state index contributed by atoms with van der Waals surface area (Å²) in [5, 5.41) is 3.99. The lowest BCUT2D eigenvalue weighted by molar-refractivity contribution is 0.287. The number of rotatable bonds is 6. The van der Waals surface area contributed by atoms with Crippen LogP contribution in [0.2, 0.25) is 0 Å². The average molecular weight is 390 g/mol. The first-order valence-electron chi connectivity index (χ1n) is 6.84. The van der Waals surface area contributed by atoms with Gasteiger partial charge >= 0.3 is 0 Å². The van der Waals surface area contributed by atoms with Crippen LogP contribution in [0.25, 0.3) is 0 Å². The highest BCUT2D eigenvalue weighted by Crippen LogP contribution is 2.42. The maximum atomic E-state index is 6.67. The Kier molecular flexibility index (Phi) is 5.97. The molecule has 21 heavy (non-hydrogen) atoms. The van der Waals surface area contributed by atoms with Crippen molar-refractivity contribution in [3.63, 3.8) is 0 Å². The molecule has 0 aliphatic carbocycles. The van der Waals surface area contributed by atoms with Gasteiger partial charge in [0.15, 0.2) is 11.5 Å². The lowest BCUT2D eigenvalue weighted by atomic mass is 10.0. The first-order chi connectivity index (χ1) is 10.1. The number of benzene rings is 1. The second kappa shape index (κ2) is 7.52. The number of aryl methyl sites for hydroxylation is 1. The molecule has 1 atom stereocenters. The molecule has 2 aromatic rings. The van der Waals surface area contributed by atoms with Crippen molar-refractivity contribution in [3.8, 4) is 11.5 Å². The lowest BCUT2D eigenvalue weighted by Crippen LogP contribution is -2.02. The van der Waals surface area contributed by atoms with Gasteiger partial charge in [0.05, 0.1) is 18.6 Å². The molecule has 0 spiro atoms. The van der Waals surface area contributed by atoms with E-state index in [0.29, 0.717) is 13.2 Å². The van der Waals surface area contributed by atoms with Crippen molar-refractivity contribution in [2.45, 2.75) is 26.1 Å². The molecule has 0 radical (unpaired) electrons. The first-order valence-corrected chi connectivity index (χ1v) is 9.01. The van der Waals surface area contributed by atoms with E-state index in [1.54, 1.807) is 11.3 Å². The van der Waals surface area contributed by atoms with Crippen molar-refractivity contribution >= 4 is 38.9 Å². The molecule has 0 bridgehead atoms. The summed E-state index contributed by atoms with van der Waals surface area (Å²) in [6.45, 7) is 7.17. The van der Waals surface area contributed by atoms with E-state index < -0.39 is 0 Å². The van der Waals surface area contributed by atoms with Crippen molar-refractivity contribution < 1.29 is 9.47 Å². The van der Waals surface area contributed by atoms with E-state index in [9.17, 15) is 0 Å². The second-order valence-corrected chi connectivity index (χ2v) is 6.59. The topological polar surface area (TPSA) is 18.5 Å². The molecule has 0 aliphatic rings. The largest absolute Gasteiger partial charge is 0.490 e. The fraction of sp³-hybridized carbons (Fsp3) is 0.375. The number of ether oxygens (including phenoxy) is 2. The number of hydrogen-bond donors (Lipinski definition) is 0. The van der Waals surface area contributed by atoms with Crippen molar-refractivity contribution in [1.82, 2.24) is 0 Å². The summed E-state index contributed by atoms with van der Waals surface area (Å²) in [5.74, 6) is 1.47. The van der Waals surface area contributed by atoms with Crippen LogP contribution in [0.5, 0.6) is 11.5 Å². The second-order valence-electron chi connectivity index (χ2n) is 4.56. The quantitative estimate of drug-likeness (QED) is 0.569. The Hall–Kier alpha value is -0.710. The summed E-state index contributed by atoms with van der Waals surface area (Å²) in [4.78, 5) is 0. The molecule has 2 nitrogen and oxygen atoms in total. The van der Waals surface area contributed by atoms with Crippen LogP contribution in [0, 0.1) is 6.92 Å². The van der Waals surface area contributed by atoms with Gasteiger partial charge < -0.3 is 9.47 Å². The van der Waals surface area contributed by atoms with Gasteiger partial charge in [-0.1, -0.05) is 15.9 Å². The molecule has 114 valence electrons. The van der Waals surface area contributed by atoms with Gasteiger partial charge in [0.25, 0.3) is 0 Å². The van der Waals surface area contributed by atoms with Crippen LogP contribution in [0.4, 0.5) is 0 Å². The van der Waals surface area contributed by atoms with E-state index >= 15 is 0 Å². The van der Waals surface area contributed by atoms with Crippen LogP contribution in [-0.4, -0.2) is 13.2 Å². The minimum Gasteiger partial charge on any atom is -0.490 e. The van der Waals surface area contributed by atoms with E-state index in [0.717, 1.165) is 27.1 Å².